The van der Waals surface area contributed by atoms with Crippen LogP contribution in [0.1, 0.15) is 68.6 Å². The topological polar surface area (TPSA) is 40.5 Å². The van der Waals surface area contributed by atoms with Crippen molar-refractivity contribution in [3.8, 4) is 11.1 Å². The molecule has 0 atom stereocenters. The number of benzene rings is 3. The van der Waals surface area contributed by atoms with Gasteiger partial charge in [-0.1, -0.05) is 86.8 Å². The molecule has 0 amide bonds. The van der Waals surface area contributed by atoms with Crippen LogP contribution in [0.2, 0.25) is 0 Å². The van der Waals surface area contributed by atoms with Crippen LogP contribution < -0.4 is 0 Å². The first-order valence-electron chi connectivity index (χ1n) is 13.4. The van der Waals surface area contributed by atoms with Crippen molar-refractivity contribution < 1.29 is 14.3 Å². The van der Waals surface area contributed by atoms with Crippen molar-refractivity contribution in [1.29, 1.82) is 0 Å². The van der Waals surface area contributed by atoms with Gasteiger partial charge in [0, 0.05) is 19.1 Å². The molecule has 4 rings (SSSR count). The lowest BCUT2D eigenvalue weighted by molar-refractivity contribution is -0.136. The first-order chi connectivity index (χ1) is 17.5. The molecule has 4 heteroatoms. The van der Waals surface area contributed by atoms with E-state index in [-0.39, 0.29) is 12.2 Å². The van der Waals surface area contributed by atoms with Gasteiger partial charge in [0.25, 0.3) is 0 Å². The molecule has 3 aromatic rings. The molecule has 0 saturated heterocycles. The normalized spacial score (nSPS) is 17.9. The first kappa shape index (κ1) is 26.1. The highest BCUT2D eigenvalue weighted by atomic mass is 19.1. The summed E-state index contributed by atoms with van der Waals surface area (Å²) in [7, 11) is 0. The molecule has 0 spiro atoms. The predicted octanol–water partition coefficient (Wildman–Crippen LogP) is 7.87. The van der Waals surface area contributed by atoms with Crippen molar-refractivity contribution in [1.82, 2.24) is 4.90 Å². The van der Waals surface area contributed by atoms with E-state index in [9.17, 15) is 14.3 Å². The Kier molecular flexibility index (Phi) is 9.29. The molecule has 1 saturated carbocycles. The number of halogens is 1. The van der Waals surface area contributed by atoms with Gasteiger partial charge in [0.1, 0.15) is 5.82 Å². The summed E-state index contributed by atoms with van der Waals surface area (Å²) in [5.41, 5.74) is 5.12. The lowest BCUT2D eigenvalue weighted by Gasteiger charge is -2.37. The molecule has 0 aliphatic heterocycles. The number of nitrogens with zero attached hydrogens (tertiary/aromatic N) is 1. The number of hydrogen-bond acceptors (Lipinski definition) is 2. The second-order valence-electron chi connectivity index (χ2n) is 10.3. The Labute approximate surface area is 215 Å². The number of carboxylic acid groups (broad SMARTS) is 1. The summed E-state index contributed by atoms with van der Waals surface area (Å²) in [4.78, 5) is 14.0. The predicted molar refractivity (Wildman–Crippen MR) is 144 cm³/mol. The van der Waals surface area contributed by atoms with Crippen LogP contribution in [0.15, 0.2) is 72.8 Å². The average Bonchev–Trinajstić information content (AvgIpc) is 2.89. The van der Waals surface area contributed by atoms with Gasteiger partial charge >= 0.3 is 5.97 Å². The highest BCUT2D eigenvalue weighted by molar-refractivity contribution is 5.73. The maximum Gasteiger partial charge on any atom is 0.307 e. The van der Waals surface area contributed by atoms with E-state index in [1.165, 1.54) is 62.6 Å². The van der Waals surface area contributed by atoms with Crippen molar-refractivity contribution >= 4 is 5.97 Å². The molecule has 1 fully saturated rings. The Hall–Kier alpha value is -2.98. The van der Waals surface area contributed by atoms with Crippen LogP contribution in [0.25, 0.3) is 11.1 Å². The van der Waals surface area contributed by atoms with Crippen LogP contribution in [0.5, 0.6) is 0 Å². The van der Waals surface area contributed by atoms with Crippen LogP contribution in [0.4, 0.5) is 4.39 Å². The molecule has 190 valence electrons. The Morgan fingerprint density at radius 3 is 2.31 bits per heavy atom. The van der Waals surface area contributed by atoms with Crippen molar-refractivity contribution in [2.75, 3.05) is 0 Å². The van der Waals surface area contributed by atoms with E-state index in [0.29, 0.717) is 6.04 Å². The van der Waals surface area contributed by atoms with Gasteiger partial charge in [0.2, 0.25) is 0 Å². The number of carboxylic acids is 1. The fourth-order valence-corrected chi connectivity index (χ4v) is 5.59. The van der Waals surface area contributed by atoms with E-state index in [4.69, 9.17) is 0 Å². The molecule has 0 unspecified atom stereocenters. The average molecular weight is 488 g/mol. The van der Waals surface area contributed by atoms with Gasteiger partial charge < -0.3 is 5.11 Å². The van der Waals surface area contributed by atoms with Crippen LogP contribution >= 0.6 is 0 Å². The van der Waals surface area contributed by atoms with Crippen molar-refractivity contribution in [3.05, 3.63) is 95.3 Å². The Bertz CT molecular complexity index is 1100. The third kappa shape index (κ3) is 7.27. The SMILES string of the molecule is CCCCC1CCC(N(Cc2ccccc2)Cc2ccc(CC(=O)O)cc2-c2ccc(F)cc2)CC1. The second kappa shape index (κ2) is 12.8. The maximum atomic E-state index is 13.7. The van der Waals surface area contributed by atoms with E-state index in [1.54, 1.807) is 12.1 Å². The molecule has 0 heterocycles. The molecule has 0 aromatic heterocycles. The zero-order valence-electron chi connectivity index (χ0n) is 21.3. The van der Waals surface area contributed by atoms with E-state index in [1.807, 2.05) is 12.1 Å². The summed E-state index contributed by atoms with van der Waals surface area (Å²) in [6.07, 6.45) is 8.92. The number of aliphatic carboxylic acids is 1. The fourth-order valence-electron chi connectivity index (χ4n) is 5.59. The minimum absolute atomic E-state index is 0.0238. The van der Waals surface area contributed by atoms with Crippen LogP contribution in [-0.2, 0) is 24.3 Å². The molecule has 1 aliphatic rings. The van der Waals surface area contributed by atoms with Gasteiger partial charge in [-0.15, -0.1) is 0 Å². The minimum atomic E-state index is -0.849. The van der Waals surface area contributed by atoms with Crippen molar-refractivity contribution in [2.45, 2.75) is 77.4 Å². The molecular weight excluding hydrogens is 449 g/mol. The van der Waals surface area contributed by atoms with E-state index >= 15 is 0 Å². The number of unbranched alkanes of at least 4 members (excludes halogenated alkanes) is 1. The molecule has 3 nitrogen and oxygen atoms in total. The molecule has 36 heavy (non-hydrogen) atoms. The van der Waals surface area contributed by atoms with Gasteiger partial charge in [0.05, 0.1) is 6.42 Å². The highest BCUT2D eigenvalue weighted by Crippen LogP contribution is 2.34. The summed E-state index contributed by atoms with van der Waals surface area (Å²) in [5, 5.41) is 9.33. The molecule has 1 aliphatic carbocycles. The summed E-state index contributed by atoms with van der Waals surface area (Å²) in [5.74, 6) is -0.268. The van der Waals surface area contributed by atoms with E-state index in [2.05, 4.69) is 48.2 Å². The second-order valence-corrected chi connectivity index (χ2v) is 10.3. The van der Waals surface area contributed by atoms with Gasteiger partial charge in [-0.25, -0.2) is 4.39 Å². The van der Waals surface area contributed by atoms with Crippen molar-refractivity contribution in [2.24, 2.45) is 5.92 Å². The van der Waals surface area contributed by atoms with E-state index < -0.39 is 5.97 Å². The number of rotatable bonds is 11. The quantitative estimate of drug-likeness (QED) is 0.299. The third-order valence-electron chi connectivity index (χ3n) is 7.59. The Balaban J connectivity index is 1.61. The number of hydrogen-bond donors (Lipinski definition) is 1. The lowest BCUT2D eigenvalue weighted by atomic mass is 9.82. The Morgan fingerprint density at radius 2 is 1.64 bits per heavy atom. The summed E-state index contributed by atoms with van der Waals surface area (Å²) in [6, 6.07) is 23.7. The smallest absolute Gasteiger partial charge is 0.307 e. The standard InChI is InChI=1S/C32H38FNO2/c1-2-3-7-24-11-18-30(19-12-24)34(22-25-8-5-4-6-9-25)23-28-13-10-26(21-32(35)36)20-31(28)27-14-16-29(33)17-15-27/h4-6,8-10,13-17,20,24,30H,2-3,7,11-12,18-19,21-23H2,1H3,(H,35,36). The Morgan fingerprint density at radius 1 is 0.917 bits per heavy atom. The zero-order valence-corrected chi connectivity index (χ0v) is 21.3. The highest BCUT2D eigenvalue weighted by Gasteiger charge is 2.26. The molecule has 0 radical (unpaired) electrons. The fraction of sp³-hybridized carbons (Fsp3) is 0.406. The van der Waals surface area contributed by atoms with Gasteiger partial charge in [-0.05, 0) is 71.6 Å². The molecular formula is C32H38FNO2. The molecule has 1 N–H and O–H groups in total. The summed E-state index contributed by atoms with van der Waals surface area (Å²) < 4.78 is 13.7. The largest absolute Gasteiger partial charge is 0.481 e. The monoisotopic (exact) mass is 487 g/mol. The molecule has 0 bridgehead atoms. The maximum absolute atomic E-state index is 13.7. The molecule has 3 aromatic carbocycles. The number of carbonyl (C=O) groups is 1. The van der Waals surface area contributed by atoms with E-state index in [0.717, 1.165) is 41.3 Å². The van der Waals surface area contributed by atoms with Gasteiger partial charge in [0.15, 0.2) is 0 Å². The minimum Gasteiger partial charge on any atom is -0.481 e. The lowest BCUT2D eigenvalue weighted by Crippen LogP contribution is -2.37. The van der Waals surface area contributed by atoms with Crippen LogP contribution in [-0.4, -0.2) is 22.0 Å². The first-order valence-corrected chi connectivity index (χ1v) is 13.4. The summed E-state index contributed by atoms with van der Waals surface area (Å²) in [6.45, 7) is 3.93. The van der Waals surface area contributed by atoms with Crippen molar-refractivity contribution in [3.63, 3.8) is 0 Å². The van der Waals surface area contributed by atoms with Crippen LogP contribution in [0, 0.1) is 11.7 Å². The zero-order chi connectivity index (χ0) is 25.3. The van der Waals surface area contributed by atoms with Gasteiger partial charge in [-0.3, -0.25) is 9.69 Å². The third-order valence-corrected chi connectivity index (χ3v) is 7.59. The van der Waals surface area contributed by atoms with Gasteiger partial charge in [-0.2, -0.15) is 0 Å². The van der Waals surface area contributed by atoms with Crippen LogP contribution in [0.3, 0.4) is 0 Å². The summed E-state index contributed by atoms with van der Waals surface area (Å²) >= 11 is 0.